The van der Waals surface area contributed by atoms with Gasteiger partial charge in [-0.1, -0.05) is 23.7 Å². The van der Waals surface area contributed by atoms with Crippen LogP contribution in [0.2, 0.25) is 5.02 Å². The molecule has 3 aromatic rings. The molecule has 0 radical (unpaired) electrons. The maximum absolute atomic E-state index is 12.2. The van der Waals surface area contributed by atoms with E-state index in [1.165, 1.54) is 0 Å². The second-order valence-electron chi connectivity index (χ2n) is 4.49. The van der Waals surface area contributed by atoms with E-state index in [4.69, 9.17) is 11.6 Å². The molecule has 0 saturated carbocycles. The van der Waals surface area contributed by atoms with Crippen molar-refractivity contribution in [1.29, 1.82) is 0 Å². The van der Waals surface area contributed by atoms with E-state index in [9.17, 15) is 4.79 Å². The van der Waals surface area contributed by atoms with E-state index in [0.29, 0.717) is 16.3 Å². The molecule has 0 fully saturated rings. The van der Waals surface area contributed by atoms with Gasteiger partial charge in [0.25, 0.3) is 5.91 Å². The Labute approximate surface area is 121 Å². The SMILES string of the molecule is Cn1cnc2cc(NC(=O)c3ccccc3Cl)ccc21. The third-order valence-corrected chi connectivity index (χ3v) is 3.43. The van der Waals surface area contributed by atoms with E-state index in [2.05, 4.69) is 10.3 Å². The average molecular weight is 286 g/mol. The number of anilines is 1. The molecule has 1 N–H and O–H groups in total. The molecule has 0 unspecified atom stereocenters. The molecule has 0 atom stereocenters. The molecule has 0 aliphatic carbocycles. The molecule has 1 amide bonds. The van der Waals surface area contributed by atoms with Crippen LogP contribution in [0.25, 0.3) is 11.0 Å². The molecule has 0 spiro atoms. The fraction of sp³-hybridized carbons (Fsp3) is 0.0667. The Hall–Kier alpha value is -2.33. The Morgan fingerprint density at radius 3 is 2.85 bits per heavy atom. The number of imidazole rings is 1. The number of hydrogen-bond donors (Lipinski definition) is 1. The lowest BCUT2D eigenvalue weighted by Gasteiger charge is -2.06. The number of amides is 1. The fourth-order valence-corrected chi connectivity index (χ4v) is 2.28. The standard InChI is InChI=1S/C15H12ClN3O/c1-19-9-17-13-8-10(6-7-14(13)19)18-15(20)11-4-2-3-5-12(11)16/h2-9H,1H3,(H,18,20). The molecule has 3 rings (SSSR count). The first-order valence-corrected chi connectivity index (χ1v) is 6.50. The number of aryl methyl sites for hydroxylation is 1. The maximum atomic E-state index is 12.2. The van der Waals surface area contributed by atoms with Gasteiger partial charge >= 0.3 is 0 Å². The zero-order chi connectivity index (χ0) is 14.1. The summed E-state index contributed by atoms with van der Waals surface area (Å²) in [5.74, 6) is -0.231. The molecule has 20 heavy (non-hydrogen) atoms. The number of fused-ring (bicyclic) bond motifs is 1. The molecule has 1 heterocycles. The van der Waals surface area contributed by atoms with Crippen molar-refractivity contribution in [2.75, 3.05) is 5.32 Å². The first kappa shape index (κ1) is 12.7. The van der Waals surface area contributed by atoms with Gasteiger partial charge < -0.3 is 9.88 Å². The minimum atomic E-state index is -0.231. The van der Waals surface area contributed by atoms with Crippen LogP contribution in [0.4, 0.5) is 5.69 Å². The number of halogens is 1. The van der Waals surface area contributed by atoms with Crippen LogP contribution in [0.1, 0.15) is 10.4 Å². The predicted octanol–water partition coefficient (Wildman–Crippen LogP) is 3.48. The molecular formula is C15H12ClN3O. The van der Waals surface area contributed by atoms with Crippen LogP contribution in [0, 0.1) is 0 Å². The number of rotatable bonds is 2. The van der Waals surface area contributed by atoms with Crippen molar-refractivity contribution >= 4 is 34.2 Å². The highest BCUT2D eigenvalue weighted by Gasteiger charge is 2.10. The normalized spacial score (nSPS) is 10.7. The Kier molecular flexibility index (Phi) is 3.16. The zero-order valence-corrected chi connectivity index (χ0v) is 11.6. The van der Waals surface area contributed by atoms with E-state index >= 15 is 0 Å². The summed E-state index contributed by atoms with van der Waals surface area (Å²) in [4.78, 5) is 16.4. The second kappa shape index (κ2) is 4.98. The van der Waals surface area contributed by atoms with Crippen LogP contribution in [-0.4, -0.2) is 15.5 Å². The highest BCUT2D eigenvalue weighted by molar-refractivity contribution is 6.34. The second-order valence-corrected chi connectivity index (χ2v) is 4.90. The van der Waals surface area contributed by atoms with E-state index in [1.807, 2.05) is 29.8 Å². The largest absolute Gasteiger partial charge is 0.334 e. The Morgan fingerprint density at radius 2 is 2.05 bits per heavy atom. The van der Waals surface area contributed by atoms with Gasteiger partial charge in [-0.2, -0.15) is 0 Å². The van der Waals surface area contributed by atoms with Crippen molar-refractivity contribution in [3.63, 3.8) is 0 Å². The number of nitrogens with one attached hydrogen (secondary N) is 1. The minimum Gasteiger partial charge on any atom is -0.334 e. The molecule has 0 aliphatic heterocycles. The van der Waals surface area contributed by atoms with Crippen molar-refractivity contribution in [2.24, 2.45) is 7.05 Å². The van der Waals surface area contributed by atoms with Gasteiger partial charge in [0.15, 0.2) is 0 Å². The summed E-state index contributed by atoms with van der Waals surface area (Å²) < 4.78 is 1.93. The Balaban J connectivity index is 1.89. The molecule has 0 bridgehead atoms. The Bertz CT molecular complexity index is 795. The third kappa shape index (κ3) is 2.26. The van der Waals surface area contributed by atoms with Gasteiger partial charge in [-0.15, -0.1) is 0 Å². The van der Waals surface area contributed by atoms with Crippen LogP contribution in [0.3, 0.4) is 0 Å². The zero-order valence-electron chi connectivity index (χ0n) is 10.8. The van der Waals surface area contributed by atoms with Crippen LogP contribution in [0.15, 0.2) is 48.8 Å². The first-order valence-electron chi connectivity index (χ1n) is 6.12. The van der Waals surface area contributed by atoms with Crippen molar-refractivity contribution < 1.29 is 4.79 Å². The van der Waals surface area contributed by atoms with Gasteiger partial charge in [-0.3, -0.25) is 4.79 Å². The average Bonchev–Trinajstić information content (AvgIpc) is 2.80. The molecular weight excluding hydrogens is 274 g/mol. The quantitative estimate of drug-likeness (QED) is 0.783. The van der Waals surface area contributed by atoms with Crippen LogP contribution in [0.5, 0.6) is 0 Å². The van der Waals surface area contributed by atoms with E-state index in [1.54, 1.807) is 30.6 Å². The number of benzene rings is 2. The monoisotopic (exact) mass is 285 g/mol. The van der Waals surface area contributed by atoms with E-state index in [-0.39, 0.29) is 5.91 Å². The van der Waals surface area contributed by atoms with Crippen molar-refractivity contribution in [3.05, 3.63) is 59.4 Å². The lowest BCUT2D eigenvalue weighted by Crippen LogP contribution is -2.12. The fourth-order valence-electron chi connectivity index (χ4n) is 2.06. The molecule has 0 saturated heterocycles. The van der Waals surface area contributed by atoms with Gasteiger partial charge in [0.2, 0.25) is 0 Å². The lowest BCUT2D eigenvalue weighted by atomic mass is 10.2. The summed E-state index contributed by atoms with van der Waals surface area (Å²) in [6, 6.07) is 12.6. The number of carbonyl (C=O) groups is 1. The number of carbonyl (C=O) groups excluding carboxylic acids is 1. The summed E-state index contributed by atoms with van der Waals surface area (Å²) in [5.41, 5.74) is 3.00. The van der Waals surface area contributed by atoms with Gasteiger partial charge in [-0.05, 0) is 30.3 Å². The predicted molar refractivity (Wildman–Crippen MR) is 80.1 cm³/mol. The summed E-state index contributed by atoms with van der Waals surface area (Å²) in [5, 5.41) is 3.26. The molecule has 4 nitrogen and oxygen atoms in total. The molecule has 1 aromatic heterocycles. The molecule has 0 aliphatic rings. The smallest absolute Gasteiger partial charge is 0.257 e. The highest BCUT2D eigenvalue weighted by Crippen LogP contribution is 2.20. The number of hydrogen-bond acceptors (Lipinski definition) is 2. The topological polar surface area (TPSA) is 46.9 Å². The van der Waals surface area contributed by atoms with Gasteiger partial charge in [-0.25, -0.2) is 4.98 Å². The van der Waals surface area contributed by atoms with Crippen LogP contribution < -0.4 is 5.32 Å². The van der Waals surface area contributed by atoms with Crippen LogP contribution >= 0.6 is 11.6 Å². The highest BCUT2D eigenvalue weighted by atomic mass is 35.5. The van der Waals surface area contributed by atoms with Crippen molar-refractivity contribution in [1.82, 2.24) is 9.55 Å². The number of aromatic nitrogens is 2. The first-order chi connectivity index (χ1) is 9.65. The minimum absolute atomic E-state index is 0.231. The third-order valence-electron chi connectivity index (χ3n) is 3.10. The number of nitrogens with zero attached hydrogens (tertiary/aromatic N) is 2. The van der Waals surface area contributed by atoms with Crippen LogP contribution in [-0.2, 0) is 7.05 Å². The summed E-state index contributed by atoms with van der Waals surface area (Å²) in [6.45, 7) is 0. The Morgan fingerprint density at radius 1 is 1.25 bits per heavy atom. The van der Waals surface area contributed by atoms with E-state index < -0.39 is 0 Å². The summed E-state index contributed by atoms with van der Waals surface area (Å²) in [6.07, 6.45) is 1.74. The van der Waals surface area contributed by atoms with Gasteiger partial charge in [0.05, 0.1) is 27.9 Å². The van der Waals surface area contributed by atoms with Gasteiger partial charge in [0, 0.05) is 12.7 Å². The lowest BCUT2D eigenvalue weighted by molar-refractivity contribution is 0.102. The van der Waals surface area contributed by atoms with E-state index in [0.717, 1.165) is 11.0 Å². The maximum Gasteiger partial charge on any atom is 0.257 e. The summed E-state index contributed by atoms with van der Waals surface area (Å²) in [7, 11) is 1.93. The molecule has 5 heteroatoms. The van der Waals surface area contributed by atoms with Crippen molar-refractivity contribution in [2.45, 2.75) is 0 Å². The molecule has 100 valence electrons. The summed E-state index contributed by atoms with van der Waals surface area (Å²) >= 11 is 6.01. The molecule has 2 aromatic carbocycles. The van der Waals surface area contributed by atoms with Gasteiger partial charge in [0.1, 0.15) is 0 Å². The van der Waals surface area contributed by atoms with Crippen molar-refractivity contribution in [3.8, 4) is 0 Å².